The van der Waals surface area contributed by atoms with Crippen LogP contribution in [0.3, 0.4) is 0 Å². The van der Waals surface area contributed by atoms with Gasteiger partial charge in [0.05, 0.1) is 5.69 Å². The number of urea groups is 1. The Bertz CT molecular complexity index is 1440. The molecule has 1 fully saturated rings. The van der Waals surface area contributed by atoms with Crippen LogP contribution >= 0.6 is 0 Å². The molecule has 0 unspecified atom stereocenters. The predicted octanol–water partition coefficient (Wildman–Crippen LogP) is 8.47. The fourth-order valence-electron chi connectivity index (χ4n) is 6.54. The van der Waals surface area contributed by atoms with Crippen molar-refractivity contribution in [3.8, 4) is 0 Å². The van der Waals surface area contributed by atoms with E-state index in [-0.39, 0.29) is 23.1 Å². The highest BCUT2D eigenvalue weighted by atomic mass is 19.1. The third-order valence-corrected chi connectivity index (χ3v) is 8.53. The van der Waals surface area contributed by atoms with Crippen molar-refractivity contribution in [2.45, 2.75) is 77.2 Å². The van der Waals surface area contributed by atoms with Gasteiger partial charge in [-0.3, -0.25) is 4.90 Å². The van der Waals surface area contributed by atoms with E-state index in [1.54, 1.807) is 0 Å². The van der Waals surface area contributed by atoms with Crippen molar-refractivity contribution >= 4 is 22.6 Å². The first-order chi connectivity index (χ1) is 18.7. The number of aromatic nitrogens is 1. The maximum absolute atomic E-state index is 13.6. The van der Waals surface area contributed by atoms with Crippen LogP contribution in [0.15, 0.2) is 72.9 Å². The molecule has 1 aliphatic carbocycles. The van der Waals surface area contributed by atoms with Crippen LogP contribution in [-0.2, 0) is 12.0 Å². The van der Waals surface area contributed by atoms with Crippen LogP contribution in [0.5, 0.6) is 0 Å². The number of carbonyl (C=O) groups excluding carboxylic acids is 1. The minimum atomic E-state index is -0.397. The lowest BCUT2D eigenvalue weighted by Gasteiger charge is -2.37. The molecule has 204 valence electrons. The van der Waals surface area contributed by atoms with Gasteiger partial charge in [-0.25, -0.2) is 9.18 Å². The van der Waals surface area contributed by atoms with Gasteiger partial charge in [-0.2, -0.15) is 0 Å². The molecule has 0 aliphatic heterocycles. The first-order valence-electron chi connectivity index (χ1n) is 14.2. The molecule has 2 N–H and O–H groups in total. The van der Waals surface area contributed by atoms with Crippen molar-refractivity contribution in [1.82, 2.24) is 4.57 Å². The largest absolute Gasteiger partial charge is 0.351 e. The van der Waals surface area contributed by atoms with Gasteiger partial charge >= 0.3 is 6.03 Å². The predicted molar refractivity (Wildman–Crippen MR) is 159 cm³/mol. The Kier molecular flexibility index (Phi) is 7.53. The van der Waals surface area contributed by atoms with Crippen LogP contribution in [0.2, 0.25) is 0 Å². The minimum absolute atomic E-state index is 0.207. The monoisotopic (exact) mass is 525 g/mol. The van der Waals surface area contributed by atoms with Crippen LogP contribution in [0.25, 0.3) is 10.9 Å². The van der Waals surface area contributed by atoms with E-state index < -0.39 is 6.03 Å². The zero-order valence-electron chi connectivity index (χ0n) is 23.6. The van der Waals surface area contributed by atoms with Gasteiger partial charge in [-0.1, -0.05) is 89.1 Å². The molecule has 3 aromatic carbocycles. The molecule has 0 bridgehead atoms. The van der Waals surface area contributed by atoms with Crippen molar-refractivity contribution in [2.75, 3.05) is 11.4 Å². The maximum atomic E-state index is 13.6. The average molecular weight is 526 g/mol. The van der Waals surface area contributed by atoms with E-state index in [2.05, 4.69) is 80.9 Å². The molecule has 1 saturated carbocycles. The van der Waals surface area contributed by atoms with Crippen molar-refractivity contribution in [3.63, 3.8) is 0 Å². The third-order valence-electron chi connectivity index (χ3n) is 8.53. The van der Waals surface area contributed by atoms with Crippen LogP contribution in [0.4, 0.5) is 14.9 Å². The summed E-state index contributed by atoms with van der Waals surface area (Å²) < 4.78 is 15.8. The lowest BCUT2D eigenvalue weighted by Crippen LogP contribution is -2.46. The molecular formula is C34H40FN3O. The number of fused-ring (bicyclic) bond motifs is 1. The highest BCUT2D eigenvalue weighted by molar-refractivity contribution is 5.94. The van der Waals surface area contributed by atoms with Gasteiger partial charge in [0.1, 0.15) is 5.82 Å². The summed E-state index contributed by atoms with van der Waals surface area (Å²) in [5.74, 6) is 0.297. The lowest BCUT2D eigenvalue weighted by molar-refractivity contribution is 0.251. The Balaban J connectivity index is 1.63. The van der Waals surface area contributed by atoms with Gasteiger partial charge in [-0.05, 0) is 65.1 Å². The first-order valence-corrected chi connectivity index (χ1v) is 14.2. The van der Waals surface area contributed by atoms with Crippen LogP contribution < -0.4 is 10.6 Å². The van der Waals surface area contributed by atoms with Gasteiger partial charge in [0.25, 0.3) is 0 Å². The molecule has 1 aliphatic rings. The van der Waals surface area contributed by atoms with Gasteiger partial charge in [0, 0.05) is 35.6 Å². The SMILES string of the molecule is CC(C)c1cccc(C(C)C)c1N(CC1(c2cn(Cc3ccc(F)cc3)c3ccccc23)CCCC1)C(N)=O. The second-order valence-electron chi connectivity index (χ2n) is 11.8. The zero-order valence-corrected chi connectivity index (χ0v) is 23.6. The second kappa shape index (κ2) is 10.9. The fraction of sp³-hybridized carbons (Fsp3) is 0.382. The molecule has 5 rings (SSSR count). The summed E-state index contributed by atoms with van der Waals surface area (Å²) in [6, 6.07) is 21.2. The molecule has 39 heavy (non-hydrogen) atoms. The normalized spacial score (nSPS) is 14.9. The molecule has 0 atom stereocenters. The third kappa shape index (κ3) is 5.19. The highest BCUT2D eigenvalue weighted by Gasteiger charge is 2.41. The number of halogens is 1. The molecule has 5 heteroatoms. The lowest BCUT2D eigenvalue weighted by atomic mass is 9.77. The molecule has 4 aromatic rings. The minimum Gasteiger partial charge on any atom is -0.351 e. The summed E-state index contributed by atoms with van der Waals surface area (Å²) in [5.41, 5.74) is 12.8. The summed E-state index contributed by atoms with van der Waals surface area (Å²) >= 11 is 0. The average Bonchev–Trinajstić information content (AvgIpc) is 3.54. The Morgan fingerprint density at radius 1 is 0.923 bits per heavy atom. The number of primary amides is 1. The van der Waals surface area contributed by atoms with E-state index in [1.165, 1.54) is 23.1 Å². The molecule has 1 aromatic heterocycles. The molecule has 4 nitrogen and oxygen atoms in total. The van der Waals surface area contributed by atoms with Gasteiger partial charge in [0.15, 0.2) is 0 Å². The van der Waals surface area contributed by atoms with E-state index in [0.29, 0.717) is 13.1 Å². The number of para-hydroxylation sites is 2. The summed E-state index contributed by atoms with van der Waals surface area (Å²) in [5, 5.41) is 1.21. The number of anilines is 1. The van der Waals surface area contributed by atoms with Crippen LogP contribution in [0.1, 0.15) is 87.5 Å². The summed E-state index contributed by atoms with van der Waals surface area (Å²) in [6.07, 6.45) is 6.51. The number of nitrogens with two attached hydrogens (primary N) is 1. The number of rotatable bonds is 8. The van der Waals surface area contributed by atoms with Crippen molar-refractivity contribution in [1.29, 1.82) is 0 Å². The summed E-state index contributed by atoms with van der Waals surface area (Å²) in [6.45, 7) is 9.92. The molecule has 0 spiro atoms. The number of hydrogen-bond acceptors (Lipinski definition) is 1. The summed E-state index contributed by atoms with van der Waals surface area (Å²) in [4.78, 5) is 15.1. The molecule has 0 saturated heterocycles. The quantitative estimate of drug-likeness (QED) is 0.246. The van der Waals surface area contributed by atoms with Crippen LogP contribution in [-0.4, -0.2) is 17.1 Å². The second-order valence-corrected chi connectivity index (χ2v) is 11.8. The smallest absolute Gasteiger partial charge is 0.319 e. The molecule has 2 amide bonds. The molecule has 1 heterocycles. The van der Waals surface area contributed by atoms with Crippen molar-refractivity contribution in [3.05, 3.63) is 101 Å². The number of carbonyl (C=O) groups is 1. The van der Waals surface area contributed by atoms with E-state index >= 15 is 0 Å². The number of nitrogens with zero attached hydrogens (tertiary/aromatic N) is 2. The van der Waals surface area contributed by atoms with Crippen LogP contribution in [0, 0.1) is 5.82 Å². The van der Waals surface area contributed by atoms with Crippen molar-refractivity contribution < 1.29 is 9.18 Å². The van der Waals surface area contributed by atoms with Gasteiger partial charge < -0.3 is 10.3 Å². The van der Waals surface area contributed by atoms with E-state index in [9.17, 15) is 9.18 Å². The van der Waals surface area contributed by atoms with Crippen molar-refractivity contribution in [2.24, 2.45) is 5.73 Å². The first kappa shape index (κ1) is 27.0. The Morgan fingerprint density at radius 2 is 1.54 bits per heavy atom. The zero-order chi connectivity index (χ0) is 27.7. The maximum Gasteiger partial charge on any atom is 0.319 e. The Morgan fingerprint density at radius 3 is 2.13 bits per heavy atom. The van der Waals surface area contributed by atoms with E-state index in [4.69, 9.17) is 5.73 Å². The standard InChI is InChI=1S/C34H40FN3O/c1-23(2)27-11-9-12-28(24(3)4)32(27)38(33(36)39)22-34(18-7-8-19-34)30-21-37(31-13-6-5-10-29(30)31)20-25-14-16-26(35)17-15-25/h5-6,9-17,21,23-24H,7-8,18-20,22H2,1-4H3,(H2,36,39). The van der Waals surface area contributed by atoms with Gasteiger partial charge in [0.2, 0.25) is 0 Å². The number of benzene rings is 3. The molecule has 0 radical (unpaired) electrons. The topological polar surface area (TPSA) is 51.3 Å². The highest BCUT2D eigenvalue weighted by Crippen LogP contribution is 2.47. The Hall–Kier alpha value is -3.60. The summed E-state index contributed by atoms with van der Waals surface area (Å²) in [7, 11) is 0. The Labute approximate surface area is 231 Å². The number of hydrogen-bond donors (Lipinski definition) is 1. The van der Waals surface area contributed by atoms with Gasteiger partial charge in [-0.15, -0.1) is 0 Å². The van der Waals surface area contributed by atoms with E-state index in [0.717, 1.165) is 53.6 Å². The van der Waals surface area contributed by atoms with E-state index in [1.807, 2.05) is 17.0 Å². The number of amides is 2. The molecular weight excluding hydrogens is 485 g/mol. The fourth-order valence-corrected chi connectivity index (χ4v) is 6.54.